The molecule has 14 heteroatoms. The predicted molar refractivity (Wildman–Crippen MR) is 190 cm³/mol. The zero-order chi connectivity index (χ0) is 38.4. The Morgan fingerprint density at radius 1 is 0.722 bits per heavy atom. The van der Waals surface area contributed by atoms with Crippen molar-refractivity contribution in [3.8, 4) is 40.1 Å². The van der Waals surface area contributed by atoms with Crippen molar-refractivity contribution in [3.05, 3.63) is 112 Å². The summed E-state index contributed by atoms with van der Waals surface area (Å²) in [5, 5.41) is 21.9. The zero-order valence-electron chi connectivity index (χ0n) is 29.4. The van der Waals surface area contributed by atoms with E-state index in [1.807, 2.05) is 60.7 Å². The summed E-state index contributed by atoms with van der Waals surface area (Å²) >= 11 is 0. The van der Waals surface area contributed by atoms with Crippen molar-refractivity contribution >= 4 is 28.9 Å². The van der Waals surface area contributed by atoms with Gasteiger partial charge in [0, 0.05) is 38.5 Å². The molecule has 280 valence electrons. The first-order valence-electron chi connectivity index (χ1n) is 16.8. The molecule has 4 aromatic carbocycles. The summed E-state index contributed by atoms with van der Waals surface area (Å²) in [6.07, 6.45) is -5.81. The fourth-order valence-electron chi connectivity index (χ4n) is 5.82. The average Bonchev–Trinajstić information content (AvgIpc) is 3.13. The molecule has 6 rings (SSSR count). The highest BCUT2D eigenvalue weighted by molar-refractivity contribution is 5.88. The van der Waals surface area contributed by atoms with Gasteiger partial charge in [0.1, 0.15) is 35.7 Å². The van der Waals surface area contributed by atoms with E-state index in [9.17, 15) is 29.4 Å². The standard InChI is InChI=1S/C40H36O14/c1-22(41)50-33-21-49-40(39(52-24(3)43)37(33)51-23(2)42)54-38-35(46)34-30(45)17-28(47-19-25-10-6-4-7-11-25)18-32(34)53-36(38)27-14-15-31(29(44)16-27)48-20-26-12-8-5-9-13-26/h4-18,33,37,39-40,44-45H,19-21H2,1-3H3/t33-,37?,39?,40-/m0/s1. The molecule has 54 heavy (non-hydrogen) atoms. The Kier molecular flexibility index (Phi) is 11.3. The van der Waals surface area contributed by atoms with Crippen LogP contribution in [0, 0.1) is 0 Å². The summed E-state index contributed by atoms with van der Waals surface area (Å²) in [5.74, 6) is -3.58. The lowest BCUT2D eigenvalue weighted by Gasteiger charge is -2.40. The third-order valence-electron chi connectivity index (χ3n) is 8.15. The Balaban J connectivity index is 1.43. The van der Waals surface area contributed by atoms with Gasteiger partial charge in [-0.1, -0.05) is 60.7 Å². The smallest absolute Gasteiger partial charge is 0.303 e. The first-order valence-corrected chi connectivity index (χ1v) is 16.8. The van der Waals surface area contributed by atoms with Gasteiger partial charge in [0.2, 0.25) is 23.6 Å². The van der Waals surface area contributed by atoms with Gasteiger partial charge in [-0.3, -0.25) is 19.2 Å². The minimum absolute atomic E-state index is 0.0943. The van der Waals surface area contributed by atoms with Crippen LogP contribution in [0.2, 0.25) is 0 Å². The monoisotopic (exact) mass is 740 g/mol. The summed E-state index contributed by atoms with van der Waals surface area (Å²) in [7, 11) is 0. The Hall–Kier alpha value is -6.54. The van der Waals surface area contributed by atoms with E-state index in [0.29, 0.717) is 0 Å². The number of carbonyl (C=O) groups is 3. The van der Waals surface area contributed by atoms with Crippen molar-refractivity contribution in [2.45, 2.75) is 58.6 Å². The molecule has 1 aliphatic rings. The van der Waals surface area contributed by atoms with Crippen LogP contribution in [-0.4, -0.2) is 59.3 Å². The number of hydrogen-bond acceptors (Lipinski definition) is 14. The van der Waals surface area contributed by atoms with Crippen molar-refractivity contribution in [2.75, 3.05) is 6.61 Å². The molecular formula is C40H36O14. The van der Waals surface area contributed by atoms with E-state index >= 15 is 0 Å². The molecule has 1 aromatic heterocycles. The fourth-order valence-corrected chi connectivity index (χ4v) is 5.82. The van der Waals surface area contributed by atoms with Crippen LogP contribution < -0.4 is 19.6 Å². The van der Waals surface area contributed by atoms with Gasteiger partial charge in [-0.2, -0.15) is 0 Å². The van der Waals surface area contributed by atoms with Crippen molar-refractivity contribution in [1.29, 1.82) is 0 Å². The van der Waals surface area contributed by atoms with E-state index in [4.69, 9.17) is 37.6 Å². The highest BCUT2D eigenvalue weighted by atomic mass is 16.7. The lowest BCUT2D eigenvalue weighted by atomic mass is 10.0. The summed E-state index contributed by atoms with van der Waals surface area (Å²) in [4.78, 5) is 50.6. The molecule has 0 amide bonds. The highest BCUT2D eigenvalue weighted by Crippen LogP contribution is 2.40. The van der Waals surface area contributed by atoms with E-state index in [-0.39, 0.29) is 52.8 Å². The minimum atomic E-state index is -1.64. The molecule has 0 saturated carbocycles. The van der Waals surface area contributed by atoms with Crippen LogP contribution in [0.4, 0.5) is 0 Å². The zero-order valence-corrected chi connectivity index (χ0v) is 29.4. The molecule has 4 atom stereocenters. The quantitative estimate of drug-likeness (QED) is 0.120. The summed E-state index contributed by atoms with van der Waals surface area (Å²) in [6, 6.07) is 25.5. The second kappa shape index (κ2) is 16.4. The van der Waals surface area contributed by atoms with Crippen LogP contribution in [0.3, 0.4) is 0 Å². The van der Waals surface area contributed by atoms with E-state index in [0.717, 1.165) is 31.9 Å². The van der Waals surface area contributed by atoms with E-state index < -0.39 is 66.0 Å². The number of ether oxygens (including phenoxy) is 7. The Morgan fingerprint density at radius 2 is 1.33 bits per heavy atom. The highest BCUT2D eigenvalue weighted by Gasteiger charge is 2.49. The molecule has 14 nitrogen and oxygen atoms in total. The van der Waals surface area contributed by atoms with Crippen LogP contribution in [0.1, 0.15) is 31.9 Å². The molecule has 1 fully saturated rings. The van der Waals surface area contributed by atoms with Gasteiger partial charge in [0.25, 0.3) is 0 Å². The van der Waals surface area contributed by atoms with Gasteiger partial charge in [-0.15, -0.1) is 0 Å². The molecule has 2 heterocycles. The number of rotatable bonds is 12. The van der Waals surface area contributed by atoms with Gasteiger partial charge in [0.05, 0.1) is 6.61 Å². The molecule has 0 spiro atoms. The maximum atomic E-state index is 14.3. The van der Waals surface area contributed by atoms with Crippen molar-refractivity contribution < 1.29 is 62.2 Å². The van der Waals surface area contributed by atoms with Crippen LogP contribution in [0.5, 0.6) is 28.7 Å². The Morgan fingerprint density at radius 3 is 1.94 bits per heavy atom. The molecule has 1 aliphatic heterocycles. The molecular weight excluding hydrogens is 704 g/mol. The van der Waals surface area contributed by atoms with Gasteiger partial charge in [0.15, 0.2) is 29.5 Å². The van der Waals surface area contributed by atoms with Gasteiger partial charge < -0.3 is 47.8 Å². The predicted octanol–water partition coefficient (Wildman–Crippen LogP) is 5.56. The molecule has 0 bridgehead atoms. The maximum Gasteiger partial charge on any atom is 0.303 e. The third kappa shape index (κ3) is 8.73. The lowest BCUT2D eigenvalue weighted by Crippen LogP contribution is -2.59. The topological polar surface area (TPSA) is 186 Å². The number of carbonyl (C=O) groups excluding carboxylic acids is 3. The van der Waals surface area contributed by atoms with Crippen LogP contribution in [0.25, 0.3) is 22.3 Å². The average molecular weight is 741 g/mol. The minimum Gasteiger partial charge on any atom is -0.507 e. The summed E-state index contributed by atoms with van der Waals surface area (Å²) in [5.41, 5.74) is 0.880. The number of hydrogen-bond donors (Lipinski definition) is 2. The first-order chi connectivity index (χ1) is 26.0. The molecule has 0 aliphatic carbocycles. The van der Waals surface area contributed by atoms with E-state index in [1.165, 1.54) is 30.3 Å². The van der Waals surface area contributed by atoms with Crippen LogP contribution in [-0.2, 0) is 46.5 Å². The van der Waals surface area contributed by atoms with E-state index in [1.54, 1.807) is 0 Å². The fraction of sp³-hybridized carbons (Fsp3) is 0.250. The number of esters is 3. The van der Waals surface area contributed by atoms with Crippen molar-refractivity contribution in [3.63, 3.8) is 0 Å². The van der Waals surface area contributed by atoms with Gasteiger partial charge >= 0.3 is 17.9 Å². The number of phenolic OH excluding ortho intramolecular Hbond substituents is 2. The second-order valence-electron chi connectivity index (χ2n) is 12.3. The van der Waals surface area contributed by atoms with Crippen LogP contribution in [0.15, 0.2) is 100 Å². The molecule has 1 saturated heterocycles. The summed E-state index contributed by atoms with van der Waals surface area (Å²) < 4.78 is 46.1. The molecule has 2 N–H and O–H groups in total. The number of phenols is 2. The Bertz CT molecular complexity index is 2200. The molecule has 2 unspecified atom stereocenters. The van der Waals surface area contributed by atoms with Gasteiger partial charge in [-0.25, -0.2) is 0 Å². The number of aromatic hydroxyl groups is 2. The first kappa shape index (κ1) is 37.2. The van der Waals surface area contributed by atoms with Crippen LogP contribution >= 0.6 is 0 Å². The van der Waals surface area contributed by atoms with Crippen molar-refractivity contribution in [2.24, 2.45) is 0 Å². The Labute approximate surface area is 308 Å². The van der Waals surface area contributed by atoms with E-state index in [2.05, 4.69) is 0 Å². The molecule has 0 radical (unpaired) electrons. The maximum absolute atomic E-state index is 14.3. The normalized spacial score (nSPS) is 18.0. The molecule has 5 aromatic rings. The number of fused-ring (bicyclic) bond motifs is 1. The van der Waals surface area contributed by atoms with Gasteiger partial charge in [-0.05, 0) is 29.3 Å². The summed E-state index contributed by atoms with van der Waals surface area (Å²) in [6.45, 7) is 3.25. The van der Waals surface area contributed by atoms with Crippen molar-refractivity contribution in [1.82, 2.24) is 0 Å². The second-order valence-corrected chi connectivity index (χ2v) is 12.3. The SMILES string of the molecule is CC(=O)OC1C(OC(C)=O)[C@@H](OC(C)=O)CO[C@H]1Oc1c(-c2ccc(OCc3ccccc3)c(O)c2)oc2cc(OCc3ccccc3)cc(O)c2c1=O. The third-order valence-corrected chi connectivity index (χ3v) is 8.15. The number of benzene rings is 4. The largest absolute Gasteiger partial charge is 0.507 e. The lowest BCUT2D eigenvalue weighted by molar-refractivity contribution is -0.260.